The summed E-state index contributed by atoms with van der Waals surface area (Å²) in [7, 11) is 0. The van der Waals surface area contributed by atoms with Crippen molar-refractivity contribution in [2.24, 2.45) is 0 Å². The molecule has 22 heavy (non-hydrogen) atoms. The summed E-state index contributed by atoms with van der Waals surface area (Å²) in [5, 5.41) is 0. The van der Waals surface area contributed by atoms with Crippen molar-refractivity contribution in [3.05, 3.63) is 83.5 Å². The molecular weight excluding hydrogens is 268 g/mol. The van der Waals surface area contributed by atoms with Crippen LogP contribution in [0.1, 0.15) is 25.3 Å². The summed E-state index contributed by atoms with van der Waals surface area (Å²) >= 11 is 0. The fourth-order valence-corrected chi connectivity index (χ4v) is 2.83. The molecule has 0 heterocycles. The second-order valence-corrected chi connectivity index (χ2v) is 5.79. The largest absolute Gasteiger partial charge is 0.295 e. The zero-order valence-electron chi connectivity index (χ0n) is 12.9. The Morgan fingerprint density at radius 3 is 2.27 bits per heavy atom. The van der Waals surface area contributed by atoms with E-state index in [4.69, 9.17) is 0 Å². The van der Waals surface area contributed by atoms with Gasteiger partial charge in [0.2, 0.25) is 0 Å². The number of benzene rings is 2. The van der Waals surface area contributed by atoms with Crippen molar-refractivity contribution in [1.29, 1.82) is 0 Å². The molecular formula is C21H20O. The Labute approximate surface area is 132 Å². The van der Waals surface area contributed by atoms with E-state index >= 15 is 0 Å². The Kier molecular flexibility index (Phi) is 4.34. The van der Waals surface area contributed by atoms with E-state index in [-0.39, 0.29) is 5.78 Å². The topological polar surface area (TPSA) is 17.1 Å². The van der Waals surface area contributed by atoms with E-state index in [0.29, 0.717) is 6.42 Å². The Bertz CT molecular complexity index is 718. The van der Waals surface area contributed by atoms with Gasteiger partial charge >= 0.3 is 0 Å². The first-order valence-corrected chi connectivity index (χ1v) is 7.77. The summed E-state index contributed by atoms with van der Waals surface area (Å²) in [5.41, 5.74) is 6.23. The third-order valence-electron chi connectivity index (χ3n) is 4.17. The SMILES string of the molecule is CC1=CC(=O)CCC1=CCc1ccc(-c2ccccc2)cc1. The van der Waals surface area contributed by atoms with E-state index in [1.165, 1.54) is 22.3 Å². The van der Waals surface area contributed by atoms with Gasteiger partial charge in [-0.25, -0.2) is 0 Å². The monoisotopic (exact) mass is 288 g/mol. The molecule has 0 atom stereocenters. The Balaban J connectivity index is 1.72. The lowest BCUT2D eigenvalue weighted by Crippen LogP contribution is -2.04. The highest BCUT2D eigenvalue weighted by atomic mass is 16.1. The maximum Gasteiger partial charge on any atom is 0.156 e. The molecule has 0 bridgehead atoms. The van der Waals surface area contributed by atoms with Crippen LogP contribution in [-0.2, 0) is 11.2 Å². The Morgan fingerprint density at radius 2 is 1.59 bits per heavy atom. The highest BCUT2D eigenvalue weighted by molar-refractivity contribution is 5.92. The van der Waals surface area contributed by atoms with E-state index in [2.05, 4.69) is 54.6 Å². The highest BCUT2D eigenvalue weighted by Crippen LogP contribution is 2.23. The Morgan fingerprint density at radius 1 is 0.909 bits per heavy atom. The van der Waals surface area contributed by atoms with Crippen LogP contribution < -0.4 is 0 Å². The number of hydrogen-bond acceptors (Lipinski definition) is 1. The lowest BCUT2D eigenvalue weighted by molar-refractivity contribution is -0.114. The molecule has 0 aliphatic heterocycles. The maximum absolute atomic E-state index is 11.4. The summed E-state index contributed by atoms with van der Waals surface area (Å²) in [4.78, 5) is 11.4. The highest BCUT2D eigenvalue weighted by Gasteiger charge is 2.11. The van der Waals surface area contributed by atoms with Crippen LogP contribution in [0, 0.1) is 0 Å². The van der Waals surface area contributed by atoms with Crippen molar-refractivity contribution < 1.29 is 4.79 Å². The van der Waals surface area contributed by atoms with Crippen LogP contribution in [0.15, 0.2) is 77.9 Å². The molecule has 1 aliphatic rings. The molecule has 0 radical (unpaired) electrons. The van der Waals surface area contributed by atoms with Crippen molar-refractivity contribution in [1.82, 2.24) is 0 Å². The van der Waals surface area contributed by atoms with Gasteiger partial charge in [0.15, 0.2) is 5.78 Å². The van der Waals surface area contributed by atoms with Crippen molar-refractivity contribution in [3.63, 3.8) is 0 Å². The van der Waals surface area contributed by atoms with Crippen LogP contribution in [-0.4, -0.2) is 5.78 Å². The minimum Gasteiger partial charge on any atom is -0.295 e. The summed E-state index contributed by atoms with van der Waals surface area (Å²) in [5.74, 6) is 0.252. The normalized spacial score (nSPS) is 16.7. The lowest BCUT2D eigenvalue weighted by Gasteiger charge is -2.12. The van der Waals surface area contributed by atoms with Gasteiger partial charge in [0.1, 0.15) is 0 Å². The first-order chi connectivity index (χ1) is 10.7. The van der Waals surface area contributed by atoms with Gasteiger partial charge < -0.3 is 0 Å². The number of hydrogen-bond donors (Lipinski definition) is 0. The summed E-state index contributed by atoms with van der Waals surface area (Å²) < 4.78 is 0. The van der Waals surface area contributed by atoms with Crippen molar-refractivity contribution >= 4 is 5.78 Å². The minimum atomic E-state index is 0.252. The van der Waals surface area contributed by atoms with E-state index in [0.717, 1.165) is 18.4 Å². The predicted molar refractivity (Wildman–Crippen MR) is 91.7 cm³/mol. The minimum absolute atomic E-state index is 0.252. The Hall–Kier alpha value is -2.41. The molecule has 0 amide bonds. The summed E-state index contributed by atoms with van der Waals surface area (Å²) in [6.45, 7) is 2.03. The zero-order valence-corrected chi connectivity index (χ0v) is 12.9. The summed E-state index contributed by atoms with van der Waals surface area (Å²) in [6, 6.07) is 19.1. The van der Waals surface area contributed by atoms with Crippen LogP contribution in [0.4, 0.5) is 0 Å². The molecule has 1 heteroatoms. The van der Waals surface area contributed by atoms with Gasteiger partial charge in [-0.2, -0.15) is 0 Å². The van der Waals surface area contributed by atoms with Gasteiger partial charge in [-0.15, -0.1) is 0 Å². The van der Waals surface area contributed by atoms with Crippen molar-refractivity contribution in [2.75, 3.05) is 0 Å². The molecule has 0 fully saturated rings. The van der Waals surface area contributed by atoms with E-state index in [1.807, 2.05) is 13.0 Å². The molecule has 0 saturated carbocycles. The quantitative estimate of drug-likeness (QED) is 0.765. The van der Waals surface area contributed by atoms with Gasteiger partial charge in [0, 0.05) is 6.42 Å². The molecule has 110 valence electrons. The number of rotatable bonds is 3. The maximum atomic E-state index is 11.4. The van der Waals surface area contributed by atoms with Crippen LogP contribution >= 0.6 is 0 Å². The molecule has 2 aromatic rings. The number of carbonyl (C=O) groups is 1. The number of ketones is 1. The molecule has 1 nitrogen and oxygen atoms in total. The second-order valence-electron chi connectivity index (χ2n) is 5.79. The molecule has 2 aromatic carbocycles. The fourth-order valence-electron chi connectivity index (χ4n) is 2.83. The van der Waals surface area contributed by atoms with Gasteiger partial charge in [-0.05, 0) is 53.7 Å². The van der Waals surface area contributed by atoms with E-state index in [1.54, 1.807) is 6.08 Å². The van der Waals surface area contributed by atoms with Crippen LogP contribution in [0.2, 0.25) is 0 Å². The molecule has 0 aromatic heterocycles. The van der Waals surface area contributed by atoms with Gasteiger partial charge in [-0.3, -0.25) is 4.79 Å². The third-order valence-corrected chi connectivity index (χ3v) is 4.17. The molecule has 0 unspecified atom stereocenters. The predicted octanol–water partition coefficient (Wildman–Crippen LogP) is 5.13. The summed E-state index contributed by atoms with van der Waals surface area (Å²) in [6.07, 6.45) is 6.48. The zero-order chi connectivity index (χ0) is 15.4. The van der Waals surface area contributed by atoms with E-state index < -0.39 is 0 Å². The molecule has 0 spiro atoms. The van der Waals surface area contributed by atoms with Crippen LogP contribution in [0.3, 0.4) is 0 Å². The number of carbonyl (C=O) groups excluding carboxylic acids is 1. The molecule has 3 rings (SSSR count). The number of allylic oxidation sites excluding steroid dienone is 4. The molecule has 0 saturated heterocycles. The third kappa shape index (κ3) is 3.43. The average Bonchev–Trinajstić information content (AvgIpc) is 2.55. The average molecular weight is 288 g/mol. The fraction of sp³-hybridized carbons (Fsp3) is 0.190. The first-order valence-electron chi connectivity index (χ1n) is 7.77. The standard InChI is InChI=1S/C21H20O/c1-16-15-21(22)14-13-18(16)10-7-17-8-11-20(12-9-17)19-5-3-2-4-6-19/h2-6,8-12,15H,7,13-14H2,1H3. The lowest BCUT2D eigenvalue weighted by atomic mass is 9.92. The second kappa shape index (κ2) is 6.57. The van der Waals surface area contributed by atoms with Gasteiger partial charge in [-0.1, -0.05) is 60.7 Å². The molecule has 1 aliphatic carbocycles. The van der Waals surface area contributed by atoms with Gasteiger partial charge in [0.05, 0.1) is 0 Å². The van der Waals surface area contributed by atoms with Crippen molar-refractivity contribution in [3.8, 4) is 11.1 Å². The van der Waals surface area contributed by atoms with Gasteiger partial charge in [0.25, 0.3) is 0 Å². The van der Waals surface area contributed by atoms with Crippen molar-refractivity contribution in [2.45, 2.75) is 26.2 Å². The first kappa shape index (κ1) is 14.5. The van der Waals surface area contributed by atoms with E-state index in [9.17, 15) is 4.79 Å². The van der Waals surface area contributed by atoms with Crippen LogP contribution in [0.25, 0.3) is 11.1 Å². The smallest absolute Gasteiger partial charge is 0.156 e. The van der Waals surface area contributed by atoms with Crippen LogP contribution in [0.5, 0.6) is 0 Å². The molecule has 0 N–H and O–H groups in total.